The number of hydrogen-bond acceptors (Lipinski definition) is 1. The van der Waals surface area contributed by atoms with Crippen molar-refractivity contribution in [1.82, 2.24) is 0 Å². The molecule has 0 bridgehead atoms. The molecule has 0 radical (unpaired) electrons. The van der Waals surface area contributed by atoms with E-state index in [1.807, 2.05) is 0 Å². The first-order valence-corrected chi connectivity index (χ1v) is 6.91. The Morgan fingerprint density at radius 3 is 2.00 bits per heavy atom. The van der Waals surface area contributed by atoms with E-state index in [9.17, 15) is 0 Å². The molecule has 0 aromatic carbocycles. The second-order valence-corrected chi connectivity index (χ2v) is 8.34. The van der Waals surface area contributed by atoms with Gasteiger partial charge in [-0.1, -0.05) is 53.2 Å². The van der Waals surface area contributed by atoms with Crippen molar-refractivity contribution in [3.8, 4) is 0 Å². The molecule has 0 fully saturated rings. The highest BCUT2D eigenvalue weighted by Crippen LogP contribution is 2.25. The zero-order chi connectivity index (χ0) is 12.1. The van der Waals surface area contributed by atoms with Crippen LogP contribution in [0.25, 0.3) is 0 Å². The second-order valence-electron chi connectivity index (χ2n) is 6.42. The molecular formula is C14H28S. The summed E-state index contributed by atoms with van der Waals surface area (Å²) in [5.41, 5.74) is 1.87. The van der Waals surface area contributed by atoms with E-state index >= 15 is 0 Å². The molecule has 0 spiro atoms. The minimum Gasteiger partial charge on any atom is -0.156 e. The Hall–Kier alpha value is 0.0900. The highest BCUT2D eigenvalue weighted by Gasteiger charge is 2.10. The zero-order valence-corrected chi connectivity index (χ0v) is 12.4. The molecule has 0 unspecified atom stereocenters. The highest BCUT2D eigenvalue weighted by atomic mass is 32.2. The van der Waals surface area contributed by atoms with Gasteiger partial charge >= 0.3 is 0 Å². The summed E-state index contributed by atoms with van der Waals surface area (Å²) in [7, 11) is 0. The van der Waals surface area contributed by atoms with E-state index in [0.717, 1.165) is 0 Å². The van der Waals surface area contributed by atoms with Crippen molar-refractivity contribution in [2.75, 3.05) is 5.75 Å². The molecule has 0 nitrogen and oxygen atoms in total. The molecule has 0 N–H and O–H groups in total. The fourth-order valence-electron chi connectivity index (χ4n) is 1.54. The third kappa shape index (κ3) is 12.0. The fourth-order valence-corrected chi connectivity index (χ4v) is 2.44. The van der Waals surface area contributed by atoms with Crippen LogP contribution >= 0.6 is 11.8 Å². The summed E-state index contributed by atoms with van der Waals surface area (Å²) < 4.78 is 0.418. The van der Waals surface area contributed by atoms with E-state index < -0.39 is 0 Å². The monoisotopic (exact) mass is 228 g/mol. The molecule has 0 aliphatic carbocycles. The van der Waals surface area contributed by atoms with E-state index in [0.29, 0.717) is 10.2 Å². The van der Waals surface area contributed by atoms with Crippen LogP contribution in [0.2, 0.25) is 0 Å². The number of thioether (sulfide) groups is 1. The first-order valence-electron chi connectivity index (χ1n) is 5.92. The third-order valence-corrected chi connectivity index (χ3v) is 3.29. The van der Waals surface area contributed by atoms with Crippen molar-refractivity contribution in [3.63, 3.8) is 0 Å². The first kappa shape index (κ1) is 15.1. The SMILES string of the molecule is C/C(=C/C(C)(C)C)CCCSC(C)(C)C. The van der Waals surface area contributed by atoms with Gasteiger partial charge in [-0.05, 0) is 30.9 Å². The summed E-state index contributed by atoms with van der Waals surface area (Å²) in [5, 5.41) is 0. The van der Waals surface area contributed by atoms with Crippen LogP contribution in [0.3, 0.4) is 0 Å². The van der Waals surface area contributed by atoms with Gasteiger partial charge in [-0.2, -0.15) is 11.8 Å². The summed E-state index contributed by atoms with van der Waals surface area (Å²) >= 11 is 2.07. The second kappa shape index (κ2) is 5.98. The van der Waals surface area contributed by atoms with Gasteiger partial charge in [0.25, 0.3) is 0 Å². The standard InChI is InChI=1S/C14H28S/c1-12(11-13(2,3)4)9-8-10-15-14(5,6)7/h11H,8-10H2,1-7H3/b12-11-. The Bertz CT molecular complexity index is 200. The van der Waals surface area contributed by atoms with Gasteiger partial charge in [0.1, 0.15) is 0 Å². The summed E-state index contributed by atoms with van der Waals surface area (Å²) in [4.78, 5) is 0. The van der Waals surface area contributed by atoms with E-state index in [1.54, 1.807) is 0 Å². The van der Waals surface area contributed by atoms with Gasteiger partial charge in [-0.3, -0.25) is 0 Å². The summed E-state index contributed by atoms with van der Waals surface area (Å²) in [6.45, 7) is 15.9. The Morgan fingerprint density at radius 1 is 1.07 bits per heavy atom. The number of allylic oxidation sites excluding steroid dienone is 2. The minimum absolute atomic E-state index is 0.335. The van der Waals surface area contributed by atoms with Crippen LogP contribution in [0.15, 0.2) is 11.6 Å². The van der Waals surface area contributed by atoms with Gasteiger partial charge < -0.3 is 0 Å². The van der Waals surface area contributed by atoms with E-state index in [2.05, 4.69) is 66.3 Å². The van der Waals surface area contributed by atoms with Gasteiger partial charge in [0.15, 0.2) is 0 Å². The Morgan fingerprint density at radius 2 is 1.60 bits per heavy atom. The minimum atomic E-state index is 0.335. The smallest absolute Gasteiger partial charge is 0.00750 e. The van der Waals surface area contributed by atoms with Crippen LogP contribution < -0.4 is 0 Å². The molecule has 0 aromatic heterocycles. The molecular weight excluding hydrogens is 200 g/mol. The van der Waals surface area contributed by atoms with Gasteiger partial charge in [-0.25, -0.2) is 0 Å². The van der Waals surface area contributed by atoms with Crippen molar-refractivity contribution in [1.29, 1.82) is 0 Å². The lowest BCUT2D eigenvalue weighted by Gasteiger charge is -2.18. The lowest BCUT2D eigenvalue weighted by Crippen LogP contribution is -2.08. The Labute approximate surface area is 101 Å². The van der Waals surface area contributed by atoms with Crippen molar-refractivity contribution < 1.29 is 0 Å². The molecule has 90 valence electrons. The van der Waals surface area contributed by atoms with Crippen molar-refractivity contribution in [2.24, 2.45) is 5.41 Å². The molecule has 0 aliphatic heterocycles. The first-order chi connectivity index (χ1) is 6.60. The van der Waals surface area contributed by atoms with E-state index in [1.165, 1.54) is 24.2 Å². The van der Waals surface area contributed by atoms with Gasteiger partial charge in [0.2, 0.25) is 0 Å². The molecule has 0 rings (SSSR count). The lowest BCUT2D eigenvalue weighted by atomic mass is 9.93. The maximum Gasteiger partial charge on any atom is 0.00750 e. The van der Waals surface area contributed by atoms with Gasteiger partial charge in [-0.15, -0.1) is 0 Å². The Kier molecular flexibility index (Phi) is 6.02. The summed E-state index contributed by atoms with van der Waals surface area (Å²) in [6, 6.07) is 0. The van der Waals surface area contributed by atoms with Crippen molar-refractivity contribution >= 4 is 11.8 Å². The van der Waals surface area contributed by atoms with Crippen LogP contribution in [0, 0.1) is 5.41 Å². The molecule has 1 heteroatoms. The average molecular weight is 228 g/mol. The van der Waals surface area contributed by atoms with Crippen LogP contribution in [0.1, 0.15) is 61.3 Å². The van der Waals surface area contributed by atoms with Crippen molar-refractivity contribution in [3.05, 3.63) is 11.6 Å². The highest BCUT2D eigenvalue weighted by molar-refractivity contribution is 8.00. The molecule has 0 aliphatic rings. The predicted octanol–water partition coefficient (Wildman–Crippen LogP) is 5.29. The predicted molar refractivity (Wildman–Crippen MR) is 74.7 cm³/mol. The van der Waals surface area contributed by atoms with Crippen LogP contribution in [-0.2, 0) is 0 Å². The third-order valence-electron chi connectivity index (χ3n) is 1.93. The number of rotatable bonds is 4. The van der Waals surface area contributed by atoms with E-state index in [-0.39, 0.29) is 0 Å². The van der Waals surface area contributed by atoms with Crippen molar-refractivity contribution in [2.45, 2.75) is 66.1 Å². The van der Waals surface area contributed by atoms with E-state index in [4.69, 9.17) is 0 Å². The lowest BCUT2D eigenvalue weighted by molar-refractivity contribution is 0.537. The molecule has 0 atom stereocenters. The van der Waals surface area contributed by atoms with Gasteiger partial charge in [0.05, 0.1) is 0 Å². The largest absolute Gasteiger partial charge is 0.156 e. The summed E-state index contributed by atoms with van der Waals surface area (Å²) in [5.74, 6) is 1.28. The molecule has 0 aromatic rings. The number of hydrogen-bond donors (Lipinski definition) is 0. The molecule has 0 saturated heterocycles. The normalized spacial score (nSPS) is 14.5. The average Bonchev–Trinajstić information content (AvgIpc) is 1.92. The zero-order valence-electron chi connectivity index (χ0n) is 11.6. The summed E-state index contributed by atoms with van der Waals surface area (Å²) in [6.07, 6.45) is 4.95. The van der Waals surface area contributed by atoms with Crippen LogP contribution in [0.5, 0.6) is 0 Å². The maximum absolute atomic E-state index is 2.40. The molecule has 0 saturated carbocycles. The maximum atomic E-state index is 2.40. The van der Waals surface area contributed by atoms with Crippen LogP contribution in [0.4, 0.5) is 0 Å². The molecule has 15 heavy (non-hydrogen) atoms. The molecule has 0 heterocycles. The topological polar surface area (TPSA) is 0 Å². The van der Waals surface area contributed by atoms with Gasteiger partial charge in [0, 0.05) is 4.75 Å². The Balaban J connectivity index is 3.74. The van der Waals surface area contributed by atoms with Crippen LogP contribution in [-0.4, -0.2) is 10.5 Å². The molecule has 0 amide bonds. The fraction of sp³-hybridized carbons (Fsp3) is 0.857. The quantitative estimate of drug-likeness (QED) is 0.465.